The normalized spacial score (nSPS) is 16.1. The summed E-state index contributed by atoms with van der Waals surface area (Å²) in [7, 11) is 1.89. The molecule has 1 atom stereocenters. The first-order valence-electron chi connectivity index (χ1n) is 13.4. The van der Waals surface area contributed by atoms with E-state index in [1.54, 1.807) is 17.5 Å². The van der Waals surface area contributed by atoms with Gasteiger partial charge in [-0.1, -0.05) is 48.4 Å². The number of pyridine rings is 1. The molecule has 6 nitrogen and oxygen atoms in total. The molecule has 6 rings (SSSR count). The number of aromatic nitrogens is 1. The monoisotopic (exact) mass is 557 g/mol. The number of carbonyl (C=O) groups is 2. The van der Waals surface area contributed by atoms with E-state index in [0.717, 1.165) is 24.4 Å². The van der Waals surface area contributed by atoms with Gasteiger partial charge in [-0.15, -0.1) is 11.3 Å². The summed E-state index contributed by atoms with van der Waals surface area (Å²) in [5, 5.41) is 9.10. The minimum atomic E-state index is 0.169. The fourth-order valence-electron chi connectivity index (χ4n) is 5.41. The predicted molar refractivity (Wildman–Crippen MR) is 165 cm³/mol. The number of thiophene rings is 1. The Morgan fingerprint density at radius 2 is 1.75 bits per heavy atom. The molecule has 1 fully saturated rings. The Balaban J connectivity index is 0.000000381. The van der Waals surface area contributed by atoms with Crippen LogP contribution in [0.4, 0.5) is 5.69 Å². The van der Waals surface area contributed by atoms with Gasteiger partial charge in [0.15, 0.2) is 0 Å². The molecule has 0 saturated heterocycles. The Labute approximate surface area is 241 Å². The average molecular weight is 558 g/mol. The molecule has 1 aliphatic heterocycles. The number of rotatable bonds is 5. The van der Waals surface area contributed by atoms with Crippen LogP contribution in [0.3, 0.4) is 0 Å². The number of anilines is 1. The van der Waals surface area contributed by atoms with Crippen molar-refractivity contribution in [3.8, 4) is 11.6 Å². The number of hydrogen-bond donors (Lipinski definition) is 2. The van der Waals surface area contributed by atoms with Crippen LogP contribution >= 0.6 is 11.3 Å². The molecule has 4 aromatic rings. The van der Waals surface area contributed by atoms with Gasteiger partial charge in [-0.05, 0) is 92.1 Å². The first-order chi connectivity index (χ1) is 19.6. The molecule has 7 heteroatoms. The Bertz CT molecular complexity index is 1320. The molecule has 1 aliphatic carbocycles. The number of fused-ring (bicyclic) bond motifs is 1. The molecule has 2 aromatic carbocycles. The summed E-state index contributed by atoms with van der Waals surface area (Å²) in [6.07, 6.45) is 6.56. The lowest BCUT2D eigenvalue weighted by Crippen LogP contribution is -2.49. The van der Waals surface area contributed by atoms with Crippen molar-refractivity contribution in [3.05, 3.63) is 105 Å². The maximum atomic E-state index is 8.00. The topological polar surface area (TPSA) is 80.3 Å². The molecule has 1 unspecified atom stereocenters. The molecular weight excluding hydrogens is 518 g/mol. The number of benzene rings is 2. The minimum Gasteiger partial charge on any atom is -0.437 e. The van der Waals surface area contributed by atoms with E-state index in [9.17, 15) is 0 Å². The van der Waals surface area contributed by atoms with Crippen LogP contribution in [0.2, 0.25) is 0 Å². The van der Waals surface area contributed by atoms with E-state index in [0.29, 0.717) is 11.9 Å². The van der Waals surface area contributed by atoms with Crippen LogP contribution in [0, 0.1) is 13.8 Å². The summed E-state index contributed by atoms with van der Waals surface area (Å²) in [4.78, 5) is 21.8. The molecule has 0 bridgehead atoms. The van der Waals surface area contributed by atoms with E-state index in [1.807, 2.05) is 32.8 Å². The van der Waals surface area contributed by atoms with E-state index < -0.39 is 0 Å². The van der Waals surface area contributed by atoms with Gasteiger partial charge in [0.1, 0.15) is 19.3 Å². The number of nitrogens with zero attached hydrogens (tertiary/aromatic N) is 1. The quantitative estimate of drug-likeness (QED) is 0.270. The van der Waals surface area contributed by atoms with Crippen LogP contribution in [0.5, 0.6) is 11.6 Å². The van der Waals surface area contributed by atoms with Crippen molar-refractivity contribution in [2.45, 2.75) is 51.0 Å². The number of nitrogens with one attached hydrogen (secondary N) is 2. The van der Waals surface area contributed by atoms with Crippen molar-refractivity contribution in [2.75, 3.05) is 18.9 Å². The minimum absolute atomic E-state index is 0.169. The van der Waals surface area contributed by atoms with Gasteiger partial charge < -0.3 is 25.0 Å². The van der Waals surface area contributed by atoms with Gasteiger partial charge in [0.2, 0.25) is 5.88 Å². The van der Waals surface area contributed by atoms with Crippen LogP contribution in [0.15, 0.2) is 78.3 Å². The van der Waals surface area contributed by atoms with Crippen LogP contribution in [-0.2, 0) is 21.4 Å². The summed E-state index contributed by atoms with van der Waals surface area (Å²) < 4.78 is 6.20. The van der Waals surface area contributed by atoms with Gasteiger partial charge >= 0.3 is 0 Å². The van der Waals surface area contributed by atoms with Crippen LogP contribution in [0.1, 0.15) is 52.4 Å². The highest BCUT2D eigenvalue weighted by molar-refractivity contribution is 7.09. The summed E-state index contributed by atoms with van der Waals surface area (Å²) in [6.45, 7) is 9.28. The van der Waals surface area contributed by atoms with Gasteiger partial charge in [0.25, 0.3) is 0 Å². The van der Waals surface area contributed by atoms with Crippen molar-refractivity contribution in [2.24, 2.45) is 0 Å². The van der Waals surface area contributed by atoms with Crippen molar-refractivity contribution in [1.82, 2.24) is 10.3 Å². The van der Waals surface area contributed by atoms with Gasteiger partial charge in [0.05, 0.1) is 5.69 Å². The molecule has 210 valence electrons. The van der Waals surface area contributed by atoms with E-state index in [4.69, 9.17) is 14.3 Å². The molecule has 2 aliphatic rings. The fourth-order valence-corrected chi connectivity index (χ4v) is 5.94. The Kier molecular flexibility index (Phi) is 11.6. The number of aryl methyl sites for hydroxylation is 2. The van der Waals surface area contributed by atoms with Gasteiger partial charge in [-0.2, -0.15) is 0 Å². The molecule has 2 aromatic heterocycles. The summed E-state index contributed by atoms with van der Waals surface area (Å²) in [5.74, 6) is 1.45. The van der Waals surface area contributed by atoms with Gasteiger partial charge in [-0.3, -0.25) is 0 Å². The highest BCUT2D eigenvalue weighted by Gasteiger charge is 2.47. The number of hydrogen-bond acceptors (Lipinski definition) is 7. The maximum Gasteiger partial charge on any atom is 0.242 e. The molecule has 0 spiro atoms. The lowest BCUT2D eigenvalue weighted by Gasteiger charge is -2.50. The Morgan fingerprint density at radius 3 is 2.33 bits per heavy atom. The maximum absolute atomic E-state index is 8.00. The first kappa shape index (κ1) is 30.7. The van der Waals surface area contributed by atoms with E-state index in [1.165, 1.54) is 46.4 Å². The summed E-state index contributed by atoms with van der Waals surface area (Å²) in [5.41, 5.74) is 6.64. The molecule has 1 saturated carbocycles. The van der Waals surface area contributed by atoms with Crippen LogP contribution in [-0.4, -0.2) is 32.2 Å². The smallest absolute Gasteiger partial charge is 0.242 e. The first-order valence-corrected chi connectivity index (χ1v) is 14.3. The van der Waals surface area contributed by atoms with E-state index in [-0.39, 0.29) is 5.41 Å². The molecule has 40 heavy (non-hydrogen) atoms. The standard InChI is InChI=1S/C26H29N3O.C5H6S.2CH2O/c1-18-6-9-20(10-7-18)26(13-4-14-26)24-22-17-21(11-8-19(22)12-16-28-24)30-25-23(27-2)5-3-15-29-25;1-5-3-2-4-6-5;2*1-2/h3,5-11,15,17,24,27-28H,4,12-14,16H2,1-2H3;2-4H,1H3;2*1H2. The molecule has 0 radical (unpaired) electrons. The molecule has 3 heterocycles. The van der Waals surface area contributed by atoms with Gasteiger partial charge in [-0.25, -0.2) is 4.98 Å². The third-order valence-corrected chi connectivity index (χ3v) is 8.32. The van der Waals surface area contributed by atoms with Crippen molar-refractivity contribution >= 4 is 30.6 Å². The van der Waals surface area contributed by atoms with E-state index in [2.05, 4.69) is 89.4 Å². The SMILES string of the molecule is C=O.C=O.CNc1cccnc1Oc1ccc2c(c1)C(C1(c3ccc(C)cc3)CCC1)NCC2.Cc1cccs1. The zero-order valence-electron chi connectivity index (χ0n) is 23.6. The molecular formula is C33H39N3O3S. The third-order valence-electron chi connectivity index (χ3n) is 7.51. The van der Waals surface area contributed by atoms with Crippen molar-refractivity contribution in [1.29, 1.82) is 0 Å². The second-order valence-corrected chi connectivity index (χ2v) is 11.0. The van der Waals surface area contributed by atoms with Crippen LogP contribution < -0.4 is 15.4 Å². The van der Waals surface area contributed by atoms with E-state index >= 15 is 0 Å². The summed E-state index contributed by atoms with van der Waals surface area (Å²) >= 11 is 1.78. The third kappa shape index (κ3) is 7.03. The number of carbonyl (C=O) groups excluding carboxylic acids is 2. The molecule has 2 N–H and O–H groups in total. The Hall–Kier alpha value is -3.81. The highest BCUT2D eigenvalue weighted by Crippen LogP contribution is 2.53. The average Bonchev–Trinajstić information content (AvgIpc) is 3.47. The lowest BCUT2D eigenvalue weighted by atomic mass is 9.58. The van der Waals surface area contributed by atoms with Crippen molar-refractivity contribution in [3.63, 3.8) is 0 Å². The Morgan fingerprint density at radius 1 is 1.00 bits per heavy atom. The fraction of sp³-hybridized carbons (Fsp3) is 0.303. The molecule has 0 amide bonds. The second kappa shape index (κ2) is 15.1. The second-order valence-electron chi connectivity index (χ2n) is 9.81. The zero-order valence-corrected chi connectivity index (χ0v) is 24.4. The predicted octanol–water partition coefficient (Wildman–Crippen LogP) is 7.22. The summed E-state index contributed by atoms with van der Waals surface area (Å²) in [6, 6.07) is 24.1. The van der Waals surface area contributed by atoms with Crippen molar-refractivity contribution < 1.29 is 14.3 Å². The zero-order chi connectivity index (χ0) is 29.0. The lowest BCUT2D eigenvalue weighted by molar-refractivity contribution is -0.0987. The van der Waals surface area contributed by atoms with Gasteiger partial charge in [0, 0.05) is 29.6 Å². The number of ether oxygens (including phenoxy) is 1. The van der Waals surface area contributed by atoms with Crippen LogP contribution in [0.25, 0.3) is 0 Å². The largest absolute Gasteiger partial charge is 0.437 e. The highest BCUT2D eigenvalue weighted by atomic mass is 32.1.